The summed E-state index contributed by atoms with van der Waals surface area (Å²) >= 11 is 0. The number of rotatable bonds is 3. The third-order valence-electron chi connectivity index (χ3n) is 3.00. The van der Waals surface area contributed by atoms with E-state index in [0.29, 0.717) is 5.56 Å². The Hall–Kier alpha value is -1.56. The molecule has 0 aromatic carbocycles. The molecule has 0 spiro atoms. The Labute approximate surface area is 91.4 Å². The van der Waals surface area contributed by atoms with E-state index >= 15 is 0 Å². The zero-order valence-corrected chi connectivity index (χ0v) is 9.78. The molecule has 0 atom stereocenters. The Morgan fingerprint density at radius 1 is 1.53 bits per heavy atom. The molecule has 3 heteroatoms. The van der Waals surface area contributed by atoms with Gasteiger partial charge < -0.3 is 4.90 Å². The molecule has 1 heterocycles. The number of pyridine rings is 1. The summed E-state index contributed by atoms with van der Waals surface area (Å²) in [6.45, 7) is 6.41. The van der Waals surface area contributed by atoms with Crippen LogP contribution >= 0.6 is 0 Å². The number of nitriles is 1. The van der Waals surface area contributed by atoms with E-state index in [1.807, 2.05) is 7.05 Å². The molecule has 0 aliphatic heterocycles. The van der Waals surface area contributed by atoms with Gasteiger partial charge in [0.25, 0.3) is 0 Å². The van der Waals surface area contributed by atoms with Gasteiger partial charge in [-0.15, -0.1) is 0 Å². The van der Waals surface area contributed by atoms with Gasteiger partial charge >= 0.3 is 0 Å². The smallest absolute Gasteiger partial charge is 0.146 e. The monoisotopic (exact) mass is 203 g/mol. The first-order valence-electron chi connectivity index (χ1n) is 5.12. The fourth-order valence-electron chi connectivity index (χ4n) is 1.28. The Kier molecular flexibility index (Phi) is 3.31. The number of hydrogen-bond acceptors (Lipinski definition) is 3. The highest BCUT2D eigenvalue weighted by Crippen LogP contribution is 2.25. The molecule has 1 aromatic heterocycles. The van der Waals surface area contributed by atoms with Crippen LogP contribution in [0.2, 0.25) is 0 Å². The van der Waals surface area contributed by atoms with Crippen molar-refractivity contribution in [2.75, 3.05) is 11.9 Å². The van der Waals surface area contributed by atoms with Crippen molar-refractivity contribution in [3.8, 4) is 6.07 Å². The normalized spacial score (nSPS) is 10.9. The lowest BCUT2D eigenvalue weighted by Gasteiger charge is -2.36. The molecule has 1 aromatic rings. The highest BCUT2D eigenvalue weighted by Gasteiger charge is 2.23. The summed E-state index contributed by atoms with van der Waals surface area (Å²) in [6, 6.07) is 5.75. The second-order valence-corrected chi connectivity index (χ2v) is 4.21. The molecule has 0 aliphatic rings. The van der Waals surface area contributed by atoms with Gasteiger partial charge in [0.05, 0.1) is 5.56 Å². The molecule has 0 radical (unpaired) electrons. The van der Waals surface area contributed by atoms with Crippen LogP contribution in [-0.2, 0) is 0 Å². The van der Waals surface area contributed by atoms with Gasteiger partial charge in [-0.05, 0) is 32.4 Å². The van der Waals surface area contributed by atoms with Crippen molar-refractivity contribution in [2.24, 2.45) is 0 Å². The standard InChI is InChI=1S/C12H17N3/c1-5-12(2,3)15(4)11-10(9-13)7-6-8-14-11/h6-8H,5H2,1-4H3. The van der Waals surface area contributed by atoms with Crippen molar-refractivity contribution in [2.45, 2.75) is 32.7 Å². The second-order valence-electron chi connectivity index (χ2n) is 4.21. The molecule has 0 amide bonds. The van der Waals surface area contributed by atoms with E-state index in [-0.39, 0.29) is 5.54 Å². The van der Waals surface area contributed by atoms with Crippen LogP contribution in [0.25, 0.3) is 0 Å². The summed E-state index contributed by atoms with van der Waals surface area (Å²) in [5.74, 6) is 0.756. The maximum atomic E-state index is 8.99. The average Bonchev–Trinajstić information content (AvgIpc) is 2.28. The summed E-state index contributed by atoms with van der Waals surface area (Å²) in [5, 5.41) is 8.99. The van der Waals surface area contributed by atoms with Crippen molar-refractivity contribution >= 4 is 5.82 Å². The highest BCUT2D eigenvalue weighted by molar-refractivity contribution is 5.54. The molecule has 0 saturated carbocycles. The van der Waals surface area contributed by atoms with Crippen molar-refractivity contribution in [1.29, 1.82) is 5.26 Å². The van der Waals surface area contributed by atoms with Gasteiger partial charge in [0.1, 0.15) is 11.9 Å². The third kappa shape index (κ3) is 2.27. The minimum absolute atomic E-state index is 0.0138. The molecule has 1 rings (SSSR count). The molecule has 0 saturated heterocycles. The van der Waals surface area contributed by atoms with E-state index in [9.17, 15) is 0 Å². The van der Waals surface area contributed by atoms with Gasteiger partial charge in [0.2, 0.25) is 0 Å². The van der Waals surface area contributed by atoms with Crippen LogP contribution < -0.4 is 4.90 Å². The quantitative estimate of drug-likeness (QED) is 0.758. The lowest BCUT2D eigenvalue weighted by Crippen LogP contribution is -2.41. The van der Waals surface area contributed by atoms with Gasteiger partial charge in [0, 0.05) is 18.8 Å². The molecule has 15 heavy (non-hydrogen) atoms. The van der Waals surface area contributed by atoms with Crippen molar-refractivity contribution in [3.05, 3.63) is 23.9 Å². The number of anilines is 1. The van der Waals surface area contributed by atoms with E-state index in [2.05, 4.69) is 36.7 Å². The van der Waals surface area contributed by atoms with E-state index in [4.69, 9.17) is 5.26 Å². The second kappa shape index (κ2) is 4.31. The molecule has 0 unspecified atom stereocenters. The third-order valence-corrected chi connectivity index (χ3v) is 3.00. The maximum Gasteiger partial charge on any atom is 0.146 e. The molecular weight excluding hydrogens is 186 g/mol. The maximum absolute atomic E-state index is 8.99. The summed E-state index contributed by atoms with van der Waals surface area (Å²) in [7, 11) is 1.98. The van der Waals surface area contributed by atoms with Crippen molar-refractivity contribution in [3.63, 3.8) is 0 Å². The van der Waals surface area contributed by atoms with Crippen LogP contribution in [0.15, 0.2) is 18.3 Å². The van der Waals surface area contributed by atoms with Crippen molar-refractivity contribution in [1.82, 2.24) is 4.98 Å². The van der Waals surface area contributed by atoms with Crippen molar-refractivity contribution < 1.29 is 0 Å². The zero-order chi connectivity index (χ0) is 11.5. The lowest BCUT2D eigenvalue weighted by atomic mass is 9.99. The van der Waals surface area contributed by atoms with Gasteiger partial charge in [0.15, 0.2) is 0 Å². The molecular formula is C12H17N3. The summed E-state index contributed by atoms with van der Waals surface area (Å²) in [5.41, 5.74) is 0.640. The molecule has 80 valence electrons. The zero-order valence-electron chi connectivity index (χ0n) is 9.78. The minimum atomic E-state index is 0.0138. The topological polar surface area (TPSA) is 39.9 Å². The predicted octanol–water partition coefficient (Wildman–Crippen LogP) is 2.58. The highest BCUT2D eigenvalue weighted by atomic mass is 15.2. The summed E-state index contributed by atoms with van der Waals surface area (Å²) in [6.07, 6.45) is 2.73. The average molecular weight is 203 g/mol. The molecule has 0 N–H and O–H groups in total. The number of nitrogens with zero attached hydrogens (tertiary/aromatic N) is 3. The fourth-order valence-corrected chi connectivity index (χ4v) is 1.28. The number of hydrogen-bond donors (Lipinski definition) is 0. The van der Waals surface area contributed by atoms with E-state index in [1.165, 1.54) is 0 Å². The van der Waals surface area contributed by atoms with Crippen LogP contribution in [0.5, 0.6) is 0 Å². The molecule has 0 bridgehead atoms. The Morgan fingerprint density at radius 3 is 2.73 bits per heavy atom. The Balaban J connectivity index is 3.12. The SMILES string of the molecule is CCC(C)(C)N(C)c1ncccc1C#N. The summed E-state index contributed by atoms with van der Waals surface area (Å²) < 4.78 is 0. The van der Waals surface area contributed by atoms with Gasteiger partial charge in [-0.25, -0.2) is 4.98 Å². The predicted molar refractivity (Wildman–Crippen MR) is 61.7 cm³/mol. The van der Waals surface area contributed by atoms with Crippen LogP contribution in [0.1, 0.15) is 32.8 Å². The molecule has 3 nitrogen and oxygen atoms in total. The first-order valence-corrected chi connectivity index (χ1v) is 5.12. The fraction of sp³-hybridized carbons (Fsp3) is 0.500. The first kappa shape index (κ1) is 11.5. The Morgan fingerprint density at radius 2 is 2.20 bits per heavy atom. The minimum Gasteiger partial charge on any atom is -0.353 e. The van der Waals surface area contributed by atoms with Crippen LogP contribution in [0.3, 0.4) is 0 Å². The van der Waals surface area contributed by atoms with Gasteiger partial charge in [-0.1, -0.05) is 6.92 Å². The van der Waals surface area contributed by atoms with E-state index in [0.717, 1.165) is 12.2 Å². The first-order chi connectivity index (χ1) is 7.03. The lowest BCUT2D eigenvalue weighted by molar-refractivity contribution is 0.467. The van der Waals surface area contributed by atoms with Crippen LogP contribution in [0.4, 0.5) is 5.82 Å². The van der Waals surface area contributed by atoms with Crippen LogP contribution in [-0.4, -0.2) is 17.6 Å². The van der Waals surface area contributed by atoms with E-state index in [1.54, 1.807) is 18.3 Å². The number of aromatic nitrogens is 1. The molecule has 0 aliphatic carbocycles. The van der Waals surface area contributed by atoms with Crippen LogP contribution in [0, 0.1) is 11.3 Å². The van der Waals surface area contributed by atoms with E-state index < -0.39 is 0 Å². The van der Waals surface area contributed by atoms with Gasteiger partial charge in [-0.2, -0.15) is 5.26 Å². The molecule has 0 fully saturated rings. The summed E-state index contributed by atoms with van der Waals surface area (Å²) in [4.78, 5) is 6.33. The largest absolute Gasteiger partial charge is 0.353 e. The Bertz CT molecular complexity index is 377. The van der Waals surface area contributed by atoms with Gasteiger partial charge in [-0.3, -0.25) is 0 Å².